The first-order valence-corrected chi connectivity index (χ1v) is 17.3. The second kappa shape index (κ2) is 18.4. The highest BCUT2D eigenvalue weighted by molar-refractivity contribution is 7.92. The van der Waals surface area contributed by atoms with E-state index in [2.05, 4.69) is 24.8 Å². The highest BCUT2D eigenvalue weighted by atomic mass is 32.2. The molecular formula is C33H40N6O12S. The molecule has 0 spiro atoms. The Morgan fingerprint density at radius 2 is 1.52 bits per heavy atom. The SMILES string of the molecule is COc1ccccc1Oc1c(OCCO)nc(-c2ncccn2)nc1N(COC(=O)OCCCCON(O)O)S(=O)(=O)c1ccc(C(C)(C)C)cc1. The van der Waals surface area contributed by atoms with Crippen LogP contribution in [0.15, 0.2) is 71.9 Å². The van der Waals surface area contributed by atoms with Gasteiger partial charge in [0.25, 0.3) is 15.9 Å². The zero-order valence-electron chi connectivity index (χ0n) is 28.9. The Hall–Kier alpha value is -5.18. The predicted octanol–water partition coefficient (Wildman–Crippen LogP) is 4.50. The van der Waals surface area contributed by atoms with Crippen LogP contribution in [0.25, 0.3) is 11.6 Å². The summed E-state index contributed by atoms with van der Waals surface area (Å²) in [4.78, 5) is 34.3. The molecule has 0 atom stereocenters. The van der Waals surface area contributed by atoms with E-state index in [0.717, 1.165) is 5.56 Å². The lowest BCUT2D eigenvalue weighted by Crippen LogP contribution is -2.36. The molecule has 2 aromatic carbocycles. The highest BCUT2D eigenvalue weighted by Gasteiger charge is 2.35. The summed E-state index contributed by atoms with van der Waals surface area (Å²) in [5.41, 5.74) is 0.571. The van der Waals surface area contributed by atoms with Crippen molar-refractivity contribution >= 4 is 22.0 Å². The van der Waals surface area contributed by atoms with Crippen molar-refractivity contribution in [2.75, 3.05) is 44.6 Å². The van der Waals surface area contributed by atoms with Gasteiger partial charge in [0.2, 0.25) is 11.6 Å². The Morgan fingerprint density at radius 1 is 0.846 bits per heavy atom. The molecule has 0 fully saturated rings. The summed E-state index contributed by atoms with van der Waals surface area (Å²) in [5.74, 6) is -0.902. The zero-order chi connectivity index (χ0) is 37.7. The molecule has 18 nitrogen and oxygen atoms in total. The van der Waals surface area contributed by atoms with E-state index < -0.39 is 40.7 Å². The number of aliphatic hydroxyl groups excluding tert-OH is 1. The maximum atomic E-state index is 14.6. The lowest BCUT2D eigenvalue weighted by atomic mass is 9.87. The predicted molar refractivity (Wildman–Crippen MR) is 181 cm³/mol. The van der Waals surface area contributed by atoms with Gasteiger partial charge in [0, 0.05) is 12.4 Å². The molecule has 0 unspecified atom stereocenters. The first-order chi connectivity index (χ1) is 24.8. The molecule has 0 radical (unpaired) electrons. The fourth-order valence-electron chi connectivity index (χ4n) is 4.40. The monoisotopic (exact) mass is 744 g/mol. The van der Waals surface area contributed by atoms with Gasteiger partial charge in [-0.3, -0.25) is 15.3 Å². The van der Waals surface area contributed by atoms with E-state index in [1.807, 2.05) is 20.8 Å². The summed E-state index contributed by atoms with van der Waals surface area (Å²) >= 11 is 0. The van der Waals surface area contributed by atoms with Crippen LogP contribution in [-0.4, -0.2) is 95.7 Å². The van der Waals surface area contributed by atoms with E-state index in [4.69, 9.17) is 34.1 Å². The summed E-state index contributed by atoms with van der Waals surface area (Å²) in [5, 5.41) is 26.5. The van der Waals surface area contributed by atoms with Crippen LogP contribution in [0.4, 0.5) is 10.6 Å². The molecule has 0 amide bonds. The Kier molecular flexibility index (Phi) is 14.0. The van der Waals surface area contributed by atoms with Gasteiger partial charge in [-0.1, -0.05) is 45.0 Å². The van der Waals surface area contributed by atoms with Gasteiger partial charge in [0.1, 0.15) is 6.61 Å². The molecule has 0 saturated heterocycles. The minimum atomic E-state index is -4.63. The number of hydrogen-bond donors (Lipinski definition) is 3. The van der Waals surface area contributed by atoms with Gasteiger partial charge in [0.15, 0.2) is 29.9 Å². The van der Waals surface area contributed by atoms with Crippen molar-refractivity contribution in [2.24, 2.45) is 0 Å². The Morgan fingerprint density at radius 3 is 2.15 bits per heavy atom. The summed E-state index contributed by atoms with van der Waals surface area (Å²) in [7, 11) is -3.22. The molecule has 0 aliphatic heterocycles. The highest BCUT2D eigenvalue weighted by Crippen LogP contribution is 2.43. The van der Waals surface area contributed by atoms with E-state index in [-0.39, 0.29) is 77.8 Å². The van der Waals surface area contributed by atoms with Crippen LogP contribution >= 0.6 is 0 Å². The van der Waals surface area contributed by atoms with Gasteiger partial charge < -0.3 is 28.8 Å². The van der Waals surface area contributed by atoms with Crippen LogP contribution in [0.5, 0.6) is 23.1 Å². The van der Waals surface area contributed by atoms with Crippen LogP contribution in [-0.2, 0) is 29.7 Å². The van der Waals surface area contributed by atoms with Gasteiger partial charge in [0.05, 0.1) is 37.2 Å². The number of hydrogen-bond acceptors (Lipinski definition) is 17. The number of ether oxygens (including phenoxy) is 5. The lowest BCUT2D eigenvalue weighted by molar-refractivity contribution is -0.492. The topological polar surface area (TPSA) is 225 Å². The number of carbonyl (C=O) groups is 1. The molecule has 0 bridgehead atoms. The van der Waals surface area contributed by atoms with Gasteiger partial charge in [-0.15, -0.1) is 0 Å². The molecule has 4 rings (SSSR count). The van der Waals surface area contributed by atoms with Crippen molar-refractivity contribution < 1.29 is 57.3 Å². The van der Waals surface area contributed by atoms with Gasteiger partial charge in [-0.2, -0.15) is 4.98 Å². The third kappa shape index (κ3) is 10.7. The number of aliphatic hydroxyl groups is 1. The molecule has 19 heteroatoms. The number of unbranched alkanes of at least 4 members (excludes halogenated alkanes) is 1. The van der Waals surface area contributed by atoms with E-state index in [0.29, 0.717) is 4.31 Å². The summed E-state index contributed by atoms with van der Waals surface area (Å²) in [6.07, 6.45) is 2.17. The standard InChI is InChI=1S/C33H40N6O12S/c1-33(2,3)23-12-14-24(15-13-23)52(44,45)38(22-49-32(41)48-19-7-8-20-50-39(42)43)30-27(51-26-11-6-5-10-25(26)46-4)31(47-21-18-40)37-29(36-30)28-34-16-9-17-35-28/h5-6,9-17,40,42-43H,7-8,18-22H2,1-4H3. The van der Waals surface area contributed by atoms with Gasteiger partial charge >= 0.3 is 6.16 Å². The van der Waals surface area contributed by atoms with Crippen molar-refractivity contribution in [1.29, 1.82) is 0 Å². The molecule has 2 heterocycles. The summed E-state index contributed by atoms with van der Waals surface area (Å²) < 4.78 is 57.7. The number of nitrogens with zero attached hydrogens (tertiary/aromatic N) is 6. The molecule has 4 aromatic rings. The van der Waals surface area contributed by atoms with Crippen molar-refractivity contribution in [3.63, 3.8) is 0 Å². The number of rotatable bonds is 18. The first-order valence-electron chi connectivity index (χ1n) is 15.8. The lowest BCUT2D eigenvalue weighted by Gasteiger charge is -2.26. The number of carbonyl (C=O) groups excluding carboxylic acids is 1. The zero-order valence-corrected chi connectivity index (χ0v) is 29.7. The minimum absolute atomic E-state index is 0.0110. The third-order valence-corrected chi connectivity index (χ3v) is 8.73. The third-order valence-electron chi connectivity index (χ3n) is 7.00. The van der Waals surface area contributed by atoms with Crippen LogP contribution in [0.3, 0.4) is 0 Å². The van der Waals surface area contributed by atoms with Gasteiger partial charge in [-0.05, 0) is 54.2 Å². The molecule has 0 saturated carbocycles. The first kappa shape index (κ1) is 39.6. The maximum absolute atomic E-state index is 14.6. The van der Waals surface area contributed by atoms with E-state index in [9.17, 15) is 18.3 Å². The minimum Gasteiger partial charge on any atom is -0.493 e. The summed E-state index contributed by atoms with van der Waals surface area (Å²) in [6.45, 7) is 4.01. The molecule has 0 aliphatic rings. The van der Waals surface area contributed by atoms with Crippen molar-refractivity contribution in [2.45, 2.75) is 43.9 Å². The molecule has 0 aliphatic carbocycles. The quantitative estimate of drug-likeness (QED) is 0.0552. The average Bonchev–Trinajstić information content (AvgIpc) is 3.13. The smallest absolute Gasteiger partial charge is 0.493 e. The van der Waals surface area contributed by atoms with Crippen molar-refractivity contribution in [1.82, 2.24) is 25.3 Å². The number of sulfonamides is 1. The largest absolute Gasteiger partial charge is 0.510 e. The number of para-hydroxylation sites is 2. The van der Waals surface area contributed by atoms with E-state index in [1.165, 1.54) is 31.6 Å². The molecule has 280 valence electrons. The maximum Gasteiger partial charge on any atom is 0.510 e. The summed E-state index contributed by atoms with van der Waals surface area (Å²) in [6, 6.07) is 14.2. The number of methoxy groups -OCH3 is 1. The number of benzene rings is 2. The van der Waals surface area contributed by atoms with E-state index >= 15 is 0 Å². The molecule has 3 N–H and O–H groups in total. The second-order valence-electron chi connectivity index (χ2n) is 11.7. The number of aromatic nitrogens is 4. The van der Waals surface area contributed by atoms with Crippen molar-refractivity contribution in [3.05, 3.63) is 72.6 Å². The van der Waals surface area contributed by atoms with Crippen LogP contribution in [0.1, 0.15) is 39.2 Å². The Labute approximate surface area is 300 Å². The fourth-order valence-corrected chi connectivity index (χ4v) is 5.68. The van der Waals surface area contributed by atoms with Gasteiger partial charge in [-0.25, -0.2) is 32.5 Å². The van der Waals surface area contributed by atoms with Crippen molar-refractivity contribution in [3.8, 4) is 34.8 Å². The second-order valence-corrected chi connectivity index (χ2v) is 13.6. The normalized spacial score (nSPS) is 11.6. The molecule has 52 heavy (non-hydrogen) atoms. The van der Waals surface area contributed by atoms with E-state index in [1.54, 1.807) is 42.5 Å². The van der Waals surface area contributed by atoms with Crippen LogP contribution in [0.2, 0.25) is 0 Å². The Bertz CT molecular complexity index is 1860. The number of anilines is 1. The fraction of sp³-hybridized carbons (Fsp3) is 0.364. The van der Waals surface area contributed by atoms with Crippen LogP contribution < -0.4 is 18.5 Å². The molecule has 2 aromatic heterocycles. The average molecular weight is 745 g/mol. The molecular weight excluding hydrogens is 704 g/mol. The Balaban J connectivity index is 1.85. The van der Waals surface area contributed by atoms with Crippen LogP contribution in [0, 0.1) is 0 Å².